The molecule has 0 rings (SSSR count). The molecular formula is C8H16N2. The second-order valence-corrected chi connectivity index (χ2v) is 2.22. The lowest BCUT2D eigenvalue weighted by Gasteiger charge is -2.08. The Morgan fingerprint density at radius 2 is 2.40 bits per heavy atom. The molecule has 0 radical (unpaired) electrons. The summed E-state index contributed by atoms with van der Waals surface area (Å²) < 4.78 is 0. The van der Waals surface area contributed by atoms with Crippen LogP contribution in [0.2, 0.25) is 0 Å². The summed E-state index contributed by atoms with van der Waals surface area (Å²) in [5.74, 6) is 2.66. The number of hydrogen-bond acceptors (Lipinski definition) is 2. The van der Waals surface area contributed by atoms with Crippen LogP contribution in [0.15, 0.2) is 0 Å². The highest BCUT2D eigenvalue weighted by Crippen LogP contribution is 1.86. The monoisotopic (exact) mass is 140 g/mol. The summed E-state index contributed by atoms with van der Waals surface area (Å²) in [4.78, 5) is 0. The van der Waals surface area contributed by atoms with E-state index in [4.69, 9.17) is 12.2 Å². The summed E-state index contributed by atoms with van der Waals surface area (Å²) in [5, 5.41) is 3.20. The Morgan fingerprint density at radius 3 is 2.80 bits per heavy atom. The van der Waals surface area contributed by atoms with Crippen molar-refractivity contribution in [2.24, 2.45) is 5.73 Å². The van der Waals surface area contributed by atoms with E-state index in [-0.39, 0.29) is 6.04 Å². The minimum absolute atomic E-state index is 0.228. The molecule has 0 bridgehead atoms. The van der Waals surface area contributed by atoms with Crippen LogP contribution in [0.3, 0.4) is 0 Å². The van der Waals surface area contributed by atoms with Crippen LogP contribution in [0.25, 0.3) is 0 Å². The van der Waals surface area contributed by atoms with E-state index in [1.165, 1.54) is 0 Å². The van der Waals surface area contributed by atoms with Gasteiger partial charge in [-0.3, -0.25) is 0 Å². The molecule has 0 heterocycles. The van der Waals surface area contributed by atoms with Crippen molar-refractivity contribution in [2.75, 3.05) is 13.1 Å². The average Bonchev–Trinajstić information content (AvgIpc) is 1.99. The summed E-state index contributed by atoms with van der Waals surface area (Å²) in [7, 11) is 0. The Kier molecular flexibility index (Phi) is 6.25. The molecule has 58 valence electrons. The van der Waals surface area contributed by atoms with Crippen LogP contribution < -0.4 is 11.1 Å². The van der Waals surface area contributed by atoms with Gasteiger partial charge in [-0.1, -0.05) is 12.8 Å². The highest BCUT2D eigenvalue weighted by Gasteiger charge is 1.97. The Balaban J connectivity index is 3.20. The van der Waals surface area contributed by atoms with Crippen molar-refractivity contribution in [3.05, 3.63) is 0 Å². The third kappa shape index (κ3) is 4.37. The molecule has 3 N–H and O–H groups in total. The van der Waals surface area contributed by atoms with Gasteiger partial charge in [0.2, 0.25) is 0 Å². The van der Waals surface area contributed by atoms with Gasteiger partial charge in [0.1, 0.15) is 0 Å². The molecule has 10 heavy (non-hydrogen) atoms. The van der Waals surface area contributed by atoms with Gasteiger partial charge in [-0.15, -0.1) is 6.42 Å². The van der Waals surface area contributed by atoms with Crippen molar-refractivity contribution in [1.82, 2.24) is 5.32 Å². The molecule has 0 aromatic heterocycles. The predicted molar refractivity (Wildman–Crippen MR) is 44.6 cm³/mol. The topological polar surface area (TPSA) is 38.0 Å². The fraction of sp³-hybridized carbons (Fsp3) is 0.750. The number of nitrogens with two attached hydrogens (primary N) is 1. The maximum absolute atomic E-state index is 5.31. The normalized spacial score (nSPS) is 12.5. The van der Waals surface area contributed by atoms with Gasteiger partial charge < -0.3 is 11.1 Å². The van der Waals surface area contributed by atoms with Gasteiger partial charge in [0.25, 0.3) is 0 Å². The van der Waals surface area contributed by atoms with E-state index in [0.29, 0.717) is 0 Å². The van der Waals surface area contributed by atoms with Gasteiger partial charge in [-0.2, -0.15) is 0 Å². The molecule has 0 amide bonds. The minimum atomic E-state index is 0.228. The van der Waals surface area contributed by atoms with E-state index in [0.717, 1.165) is 25.9 Å². The molecule has 0 aliphatic carbocycles. The summed E-state index contributed by atoms with van der Waals surface area (Å²) in [6, 6.07) is 0.228. The Hall–Kier alpha value is -0.520. The van der Waals surface area contributed by atoms with Crippen LogP contribution in [0, 0.1) is 12.3 Å². The van der Waals surface area contributed by atoms with E-state index < -0.39 is 0 Å². The fourth-order valence-corrected chi connectivity index (χ4v) is 0.699. The quantitative estimate of drug-likeness (QED) is 0.427. The maximum Gasteiger partial charge on any atom is 0.0684 e. The van der Waals surface area contributed by atoms with Gasteiger partial charge in [0.05, 0.1) is 6.04 Å². The second-order valence-electron chi connectivity index (χ2n) is 2.22. The standard InChI is InChI=1S/C8H16N2/c1-3-8(4-2)10-7-5-6-9/h1,8,10H,4-7,9H2,2H3. The Labute approximate surface area is 63.2 Å². The molecule has 0 saturated carbocycles. The van der Waals surface area contributed by atoms with Crippen molar-refractivity contribution in [1.29, 1.82) is 0 Å². The van der Waals surface area contributed by atoms with Crippen molar-refractivity contribution in [3.8, 4) is 12.3 Å². The molecule has 2 heteroatoms. The van der Waals surface area contributed by atoms with E-state index >= 15 is 0 Å². The lowest BCUT2D eigenvalue weighted by Crippen LogP contribution is -2.28. The van der Waals surface area contributed by atoms with Crippen LogP contribution in [-0.2, 0) is 0 Å². The molecule has 0 aliphatic rings. The van der Waals surface area contributed by atoms with Crippen molar-refractivity contribution >= 4 is 0 Å². The predicted octanol–water partition coefficient (Wildman–Crippen LogP) is 0.337. The zero-order valence-electron chi connectivity index (χ0n) is 6.56. The zero-order chi connectivity index (χ0) is 7.82. The first kappa shape index (κ1) is 9.48. The van der Waals surface area contributed by atoms with E-state index in [9.17, 15) is 0 Å². The molecule has 1 unspecified atom stereocenters. The number of rotatable bonds is 5. The van der Waals surface area contributed by atoms with Crippen molar-refractivity contribution in [2.45, 2.75) is 25.8 Å². The molecule has 2 nitrogen and oxygen atoms in total. The van der Waals surface area contributed by atoms with Crippen LogP contribution in [0.1, 0.15) is 19.8 Å². The first-order valence-corrected chi connectivity index (χ1v) is 3.74. The highest BCUT2D eigenvalue weighted by atomic mass is 14.9. The van der Waals surface area contributed by atoms with Crippen LogP contribution in [0.5, 0.6) is 0 Å². The third-order valence-electron chi connectivity index (χ3n) is 1.38. The summed E-state index contributed by atoms with van der Waals surface area (Å²) in [6.07, 6.45) is 7.21. The molecule has 0 fully saturated rings. The van der Waals surface area contributed by atoms with Gasteiger partial charge in [0, 0.05) is 0 Å². The Morgan fingerprint density at radius 1 is 1.70 bits per heavy atom. The van der Waals surface area contributed by atoms with Gasteiger partial charge in [-0.25, -0.2) is 0 Å². The number of nitrogens with one attached hydrogen (secondary N) is 1. The first-order chi connectivity index (χ1) is 4.85. The van der Waals surface area contributed by atoms with Crippen molar-refractivity contribution < 1.29 is 0 Å². The molecular weight excluding hydrogens is 124 g/mol. The van der Waals surface area contributed by atoms with Gasteiger partial charge in [0.15, 0.2) is 0 Å². The SMILES string of the molecule is C#CC(CC)NCCCN. The average molecular weight is 140 g/mol. The van der Waals surface area contributed by atoms with Crippen molar-refractivity contribution in [3.63, 3.8) is 0 Å². The number of hydrogen-bond donors (Lipinski definition) is 2. The summed E-state index contributed by atoms with van der Waals surface area (Å²) in [6.45, 7) is 3.73. The lowest BCUT2D eigenvalue weighted by atomic mass is 10.2. The first-order valence-electron chi connectivity index (χ1n) is 3.74. The minimum Gasteiger partial charge on any atom is -0.330 e. The second kappa shape index (κ2) is 6.60. The van der Waals surface area contributed by atoms with Crippen LogP contribution in [-0.4, -0.2) is 19.1 Å². The Bertz CT molecular complexity index is 104. The summed E-state index contributed by atoms with van der Waals surface area (Å²) in [5.41, 5.74) is 5.31. The van der Waals surface area contributed by atoms with Gasteiger partial charge >= 0.3 is 0 Å². The van der Waals surface area contributed by atoms with Crippen LogP contribution in [0.4, 0.5) is 0 Å². The van der Waals surface area contributed by atoms with E-state index in [1.807, 2.05) is 0 Å². The molecule has 0 aromatic rings. The third-order valence-corrected chi connectivity index (χ3v) is 1.38. The fourth-order valence-electron chi connectivity index (χ4n) is 0.699. The zero-order valence-corrected chi connectivity index (χ0v) is 6.56. The maximum atomic E-state index is 5.31. The molecule has 0 spiro atoms. The molecule has 1 atom stereocenters. The molecule has 0 aliphatic heterocycles. The molecule has 0 aromatic carbocycles. The van der Waals surface area contributed by atoms with Gasteiger partial charge in [-0.05, 0) is 25.9 Å². The lowest BCUT2D eigenvalue weighted by molar-refractivity contribution is 0.578. The van der Waals surface area contributed by atoms with Crippen LogP contribution >= 0.6 is 0 Å². The van der Waals surface area contributed by atoms with E-state index in [2.05, 4.69) is 18.2 Å². The largest absolute Gasteiger partial charge is 0.330 e. The summed E-state index contributed by atoms with van der Waals surface area (Å²) >= 11 is 0. The van der Waals surface area contributed by atoms with E-state index in [1.54, 1.807) is 0 Å². The molecule has 0 saturated heterocycles. The smallest absolute Gasteiger partial charge is 0.0684 e. The number of terminal acetylenes is 1. The highest BCUT2D eigenvalue weighted by molar-refractivity contribution is 4.97.